The molecule has 1 aliphatic heterocycles. The van der Waals surface area contributed by atoms with Gasteiger partial charge in [-0.1, -0.05) is 35.5 Å². The lowest BCUT2D eigenvalue weighted by atomic mass is 10.2. The van der Waals surface area contributed by atoms with Crippen molar-refractivity contribution < 1.29 is 17.9 Å². The molecule has 0 radical (unpaired) electrons. The molecule has 10 heteroatoms. The molecule has 0 spiro atoms. The van der Waals surface area contributed by atoms with E-state index in [0.29, 0.717) is 34.9 Å². The topological polar surface area (TPSA) is 108 Å². The van der Waals surface area contributed by atoms with E-state index in [4.69, 9.17) is 9.47 Å². The number of anilines is 1. The van der Waals surface area contributed by atoms with Crippen LogP contribution in [0.1, 0.15) is 16.7 Å². The van der Waals surface area contributed by atoms with E-state index in [9.17, 15) is 8.42 Å². The molecule has 9 nitrogen and oxygen atoms in total. The third-order valence-electron chi connectivity index (χ3n) is 6.01. The summed E-state index contributed by atoms with van der Waals surface area (Å²) in [4.78, 5) is 4.89. The van der Waals surface area contributed by atoms with Gasteiger partial charge < -0.3 is 14.8 Å². The maximum atomic E-state index is 13.6. The van der Waals surface area contributed by atoms with E-state index in [2.05, 4.69) is 20.6 Å². The summed E-state index contributed by atoms with van der Waals surface area (Å²) in [5, 5.41) is 12.2. The Morgan fingerprint density at radius 3 is 2.71 bits per heavy atom. The molecule has 3 aromatic carbocycles. The number of nitrogens with one attached hydrogen (secondary N) is 1. The normalized spacial score (nSPS) is 13.0. The minimum atomic E-state index is -3.95. The van der Waals surface area contributed by atoms with E-state index in [-0.39, 0.29) is 22.4 Å². The summed E-state index contributed by atoms with van der Waals surface area (Å²) in [5.41, 5.74) is 3.31. The maximum Gasteiger partial charge on any atom is 0.231 e. The first-order valence-corrected chi connectivity index (χ1v) is 12.5. The second-order valence-electron chi connectivity index (χ2n) is 8.42. The summed E-state index contributed by atoms with van der Waals surface area (Å²) in [6.45, 7) is 4.27. The molecular weight excluding hydrogens is 466 g/mol. The van der Waals surface area contributed by atoms with Gasteiger partial charge in [0.05, 0.1) is 10.4 Å². The van der Waals surface area contributed by atoms with Gasteiger partial charge >= 0.3 is 0 Å². The largest absolute Gasteiger partial charge is 0.454 e. The molecule has 2 aromatic heterocycles. The number of aryl methyl sites for hydroxylation is 2. The average molecular weight is 488 g/mol. The van der Waals surface area contributed by atoms with Crippen LogP contribution in [0.15, 0.2) is 70.6 Å². The Hall–Kier alpha value is -4.18. The van der Waals surface area contributed by atoms with E-state index >= 15 is 0 Å². The highest BCUT2D eigenvalue weighted by molar-refractivity contribution is 7.91. The van der Waals surface area contributed by atoms with E-state index in [1.807, 2.05) is 55.5 Å². The number of nitrogens with zero attached hydrogens (tertiary/aromatic N) is 4. The fourth-order valence-corrected chi connectivity index (χ4v) is 5.75. The third-order valence-corrected chi connectivity index (χ3v) is 7.80. The minimum absolute atomic E-state index is 0.165. The number of para-hydroxylation sites is 1. The van der Waals surface area contributed by atoms with Crippen molar-refractivity contribution in [3.05, 3.63) is 77.4 Å². The number of rotatable bonds is 5. The SMILES string of the molecule is Cc1ccc(C)c(S(=O)(=O)c2nnn3c2nc(NCc2ccc4c(c2)OCO4)c2ccccc23)c1. The summed E-state index contributed by atoms with van der Waals surface area (Å²) in [6, 6.07) is 18.6. The lowest BCUT2D eigenvalue weighted by Gasteiger charge is -2.11. The monoisotopic (exact) mass is 487 g/mol. The minimum Gasteiger partial charge on any atom is -0.454 e. The van der Waals surface area contributed by atoms with E-state index in [1.165, 1.54) is 4.52 Å². The molecule has 6 rings (SSSR count). The van der Waals surface area contributed by atoms with Gasteiger partial charge in [0.1, 0.15) is 5.82 Å². The Labute approximate surface area is 201 Å². The molecule has 35 heavy (non-hydrogen) atoms. The van der Waals surface area contributed by atoms with Crippen LogP contribution in [0.2, 0.25) is 0 Å². The Balaban J connectivity index is 1.46. The van der Waals surface area contributed by atoms with Gasteiger partial charge in [0.25, 0.3) is 0 Å². The van der Waals surface area contributed by atoms with Crippen molar-refractivity contribution in [1.82, 2.24) is 19.8 Å². The van der Waals surface area contributed by atoms with Gasteiger partial charge in [-0.25, -0.2) is 13.4 Å². The van der Waals surface area contributed by atoms with E-state index in [0.717, 1.165) is 16.5 Å². The Morgan fingerprint density at radius 1 is 1.00 bits per heavy atom. The molecule has 0 unspecified atom stereocenters. The molecule has 0 aliphatic carbocycles. The quantitative estimate of drug-likeness (QED) is 0.395. The smallest absolute Gasteiger partial charge is 0.231 e. The molecule has 0 bridgehead atoms. The van der Waals surface area contributed by atoms with Crippen molar-refractivity contribution in [2.24, 2.45) is 0 Å². The van der Waals surface area contributed by atoms with Crippen molar-refractivity contribution in [3.8, 4) is 11.5 Å². The summed E-state index contributed by atoms with van der Waals surface area (Å²) in [7, 11) is -3.95. The predicted octanol–water partition coefficient (Wildman–Crippen LogP) is 4.07. The zero-order valence-electron chi connectivity index (χ0n) is 19.0. The molecule has 0 saturated heterocycles. The van der Waals surface area contributed by atoms with Crippen molar-refractivity contribution >= 4 is 32.2 Å². The van der Waals surface area contributed by atoms with E-state index < -0.39 is 9.84 Å². The number of hydrogen-bond donors (Lipinski definition) is 1. The highest BCUT2D eigenvalue weighted by Crippen LogP contribution is 2.33. The molecule has 1 N–H and O–H groups in total. The van der Waals surface area contributed by atoms with Gasteiger partial charge in [0, 0.05) is 11.9 Å². The molecule has 0 atom stereocenters. The van der Waals surface area contributed by atoms with Gasteiger partial charge in [0.2, 0.25) is 21.7 Å². The van der Waals surface area contributed by atoms with Gasteiger partial charge in [-0.05, 0) is 60.9 Å². The summed E-state index contributed by atoms with van der Waals surface area (Å²) in [6.07, 6.45) is 0. The van der Waals surface area contributed by atoms with Gasteiger partial charge in [0.15, 0.2) is 17.1 Å². The fraction of sp³-hybridized carbons (Fsp3) is 0.160. The summed E-state index contributed by atoms with van der Waals surface area (Å²) >= 11 is 0. The maximum absolute atomic E-state index is 13.6. The van der Waals surface area contributed by atoms with Crippen LogP contribution in [0.4, 0.5) is 5.82 Å². The molecular formula is C25H21N5O4S. The Kier molecular flexibility index (Phi) is 4.85. The first-order chi connectivity index (χ1) is 16.9. The first-order valence-electron chi connectivity index (χ1n) is 11.0. The zero-order valence-corrected chi connectivity index (χ0v) is 19.8. The molecule has 3 heterocycles. The van der Waals surface area contributed by atoms with Gasteiger partial charge in [-0.3, -0.25) is 0 Å². The number of sulfone groups is 1. The summed E-state index contributed by atoms with van der Waals surface area (Å²) in [5.74, 6) is 1.94. The average Bonchev–Trinajstić information content (AvgIpc) is 3.51. The fourth-order valence-electron chi connectivity index (χ4n) is 4.19. The Morgan fingerprint density at radius 2 is 1.83 bits per heavy atom. The van der Waals surface area contributed by atoms with Crippen LogP contribution in [0.25, 0.3) is 16.6 Å². The van der Waals surface area contributed by atoms with Crippen molar-refractivity contribution in [1.29, 1.82) is 0 Å². The van der Waals surface area contributed by atoms with Crippen LogP contribution in [0.5, 0.6) is 11.5 Å². The predicted molar refractivity (Wildman–Crippen MR) is 130 cm³/mol. The number of ether oxygens (including phenoxy) is 2. The second kappa shape index (κ2) is 7.95. The second-order valence-corrected chi connectivity index (χ2v) is 10.3. The lowest BCUT2D eigenvalue weighted by Crippen LogP contribution is -2.08. The molecule has 0 fully saturated rings. The standard InChI is InChI=1S/C25H21N5O4S/c1-15-7-8-16(2)22(11-15)35(31,32)25-24-27-23(18-5-3-4-6-19(18)30(24)29-28-25)26-13-17-9-10-20-21(12-17)34-14-33-20/h3-12H,13-14H2,1-2H3,(H,26,27). The zero-order chi connectivity index (χ0) is 24.2. The first kappa shape index (κ1) is 21.4. The van der Waals surface area contributed by atoms with Crippen molar-refractivity contribution in [2.75, 3.05) is 12.1 Å². The van der Waals surface area contributed by atoms with Crippen LogP contribution in [0, 0.1) is 13.8 Å². The third kappa shape index (κ3) is 3.53. The highest BCUT2D eigenvalue weighted by atomic mass is 32.2. The lowest BCUT2D eigenvalue weighted by molar-refractivity contribution is 0.174. The van der Waals surface area contributed by atoms with Gasteiger partial charge in [-0.2, -0.15) is 4.52 Å². The Bertz CT molecular complexity index is 1730. The van der Waals surface area contributed by atoms with E-state index in [1.54, 1.807) is 19.1 Å². The number of fused-ring (bicyclic) bond motifs is 4. The number of hydrogen-bond acceptors (Lipinski definition) is 8. The highest BCUT2D eigenvalue weighted by Gasteiger charge is 2.28. The van der Waals surface area contributed by atoms with Crippen LogP contribution in [-0.2, 0) is 16.4 Å². The number of benzene rings is 3. The van der Waals surface area contributed by atoms with Crippen LogP contribution < -0.4 is 14.8 Å². The molecule has 0 amide bonds. The number of aromatic nitrogens is 4. The van der Waals surface area contributed by atoms with Crippen molar-refractivity contribution in [2.45, 2.75) is 30.3 Å². The molecule has 0 saturated carbocycles. The van der Waals surface area contributed by atoms with Crippen LogP contribution >= 0.6 is 0 Å². The van der Waals surface area contributed by atoms with Gasteiger partial charge in [-0.15, -0.1) is 5.10 Å². The molecule has 1 aliphatic rings. The molecule has 5 aromatic rings. The molecule has 176 valence electrons. The van der Waals surface area contributed by atoms with Crippen LogP contribution in [-0.4, -0.2) is 35.0 Å². The summed E-state index contributed by atoms with van der Waals surface area (Å²) < 4.78 is 39.6. The van der Waals surface area contributed by atoms with Crippen LogP contribution in [0.3, 0.4) is 0 Å². The van der Waals surface area contributed by atoms with Crippen molar-refractivity contribution in [3.63, 3.8) is 0 Å².